The molecule has 0 radical (unpaired) electrons. The van der Waals surface area contributed by atoms with E-state index in [0.29, 0.717) is 6.42 Å². The quantitative estimate of drug-likeness (QED) is 0.525. The van der Waals surface area contributed by atoms with E-state index in [1.165, 1.54) is 0 Å². The van der Waals surface area contributed by atoms with Gasteiger partial charge in [0, 0.05) is 6.42 Å². The minimum atomic E-state index is -0.198. The first-order valence-corrected chi connectivity index (χ1v) is 3.76. The standard InChI is InChI=1S/C7H16N2O/c1-2-9-6-4-3-5-7(8)10/h9H,2-6H2,1H3,(H2,8,10). The topological polar surface area (TPSA) is 55.1 Å². The number of rotatable bonds is 6. The Morgan fingerprint density at radius 3 is 2.70 bits per heavy atom. The summed E-state index contributed by atoms with van der Waals surface area (Å²) in [6.45, 7) is 4.05. The maximum absolute atomic E-state index is 10.2. The van der Waals surface area contributed by atoms with Gasteiger partial charge in [-0.05, 0) is 25.9 Å². The van der Waals surface area contributed by atoms with Gasteiger partial charge in [-0.3, -0.25) is 4.79 Å². The third-order valence-electron chi connectivity index (χ3n) is 1.28. The van der Waals surface area contributed by atoms with Crippen molar-refractivity contribution >= 4 is 5.91 Å². The molecule has 1 amide bonds. The first-order chi connectivity index (χ1) is 4.77. The van der Waals surface area contributed by atoms with Crippen LogP contribution in [0.15, 0.2) is 0 Å². The summed E-state index contributed by atoms with van der Waals surface area (Å²) in [6, 6.07) is 0. The smallest absolute Gasteiger partial charge is 0.217 e. The highest BCUT2D eigenvalue weighted by molar-refractivity contribution is 5.73. The van der Waals surface area contributed by atoms with Crippen molar-refractivity contribution in [2.24, 2.45) is 5.73 Å². The van der Waals surface area contributed by atoms with Crippen LogP contribution in [-0.4, -0.2) is 19.0 Å². The molecule has 10 heavy (non-hydrogen) atoms. The number of nitrogens with two attached hydrogens (primary N) is 1. The van der Waals surface area contributed by atoms with Gasteiger partial charge in [-0.1, -0.05) is 6.92 Å². The fourth-order valence-electron chi connectivity index (χ4n) is 0.726. The van der Waals surface area contributed by atoms with Crippen LogP contribution >= 0.6 is 0 Å². The van der Waals surface area contributed by atoms with E-state index >= 15 is 0 Å². The normalized spacial score (nSPS) is 9.70. The van der Waals surface area contributed by atoms with Gasteiger partial charge in [-0.15, -0.1) is 0 Å². The van der Waals surface area contributed by atoms with Gasteiger partial charge in [-0.25, -0.2) is 0 Å². The second-order valence-electron chi connectivity index (χ2n) is 2.28. The Balaban J connectivity index is 2.84. The van der Waals surface area contributed by atoms with E-state index < -0.39 is 0 Å². The van der Waals surface area contributed by atoms with Gasteiger partial charge in [0.15, 0.2) is 0 Å². The molecule has 3 N–H and O–H groups in total. The number of primary amides is 1. The van der Waals surface area contributed by atoms with Gasteiger partial charge in [0.05, 0.1) is 0 Å². The summed E-state index contributed by atoms with van der Waals surface area (Å²) in [6.07, 6.45) is 2.46. The average Bonchev–Trinajstić information content (AvgIpc) is 1.87. The van der Waals surface area contributed by atoms with Crippen LogP contribution in [0.2, 0.25) is 0 Å². The molecule has 0 fully saturated rings. The minimum Gasteiger partial charge on any atom is -0.370 e. The Kier molecular flexibility index (Phi) is 6.18. The fourth-order valence-corrected chi connectivity index (χ4v) is 0.726. The highest BCUT2D eigenvalue weighted by Gasteiger charge is 1.92. The van der Waals surface area contributed by atoms with Crippen LogP contribution in [0.5, 0.6) is 0 Å². The van der Waals surface area contributed by atoms with Crippen LogP contribution in [0.4, 0.5) is 0 Å². The van der Waals surface area contributed by atoms with Crippen molar-refractivity contribution in [1.82, 2.24) is 5.32 Å². The SMILES string of the molecule is CCNCCCCC(N)=O. The lowest BCUT2D eigenvalue weighted by Gasteiger charge is -1.98. The zero-order valence-electron chi connectivity index (χ0n) is 6.52. The lowest BCUT2D eigenvalue weighted by atomic mass is 10.2. The zero-order chi connectivity index (χ0) is 7.82. The molecule has 0 aliphatic rings. The molecule has 0 atom stereocenters. The second kappa shape index (κ2) is 6.55. The lowest BCUT2D eigenvalue weighted by molar-refractivity contribution is -0.118. The number of carbonyl (C=O) groups is 1. The van der Waals surface area contributed by atoms with E-state index in [1.807, 2.05) is 0 Å². The van der Waals surface area contributed by atoms with Crippen LogP contribution in [0.3, 0.4) is 0 Å². The van der Waals surface area contributed by atoms with E-state index in [0.717, 1.165) is 25.9 Å². The molecular formula is C7H16N2O. The van der Waals surface area contributed by atoms with Crippen molar-refractivity contribution in [1.29, 1.82) is 0 Å². The molecule has 0 rings (SSSR count). The Labute approximate surface area is 62.0 Å². The first-order valence-electron chi connectivity index (χ1n) is 3.76. The van der Waals surface area contributed by atoms with Crippen LogP contribution in [0, 0.1) is 0 Å². The van der Waals surface area contributed by atoms with Crippen molar-refractivity contribution in [3.63, 3.8) is 0 Å². The Morgan fingerprint density at radius 2 is 2.20 bits per heavy atom. The van der Waals surface area contributed by atoms with Gasteiger partial charge in [0.2, 0.25) is 5.91 Å². The number of carbonyl (C=O) groups excluding carboxylic acids is 1. The van der Waals surface area contributed by atoms with Gasteiger partial charge in [0.1, 0.15) is 0 Å². The Bertz CT molecular complexity index is 93.6. The van der Waals surface area contributed by atoms with Gasteiger partial charge in [0.25, 0.3) is 0 Å². The van der Waals surface area contributed by atoms with Crippen molar-refractivity contribution < 1.29 is 4.79 Å². The molecule has 0 aromatic carbocycles. The van der Waals surface area contributed by atoms with E-state index in [1.54, 1.807) is 0 Å². The largest absolute Gasteiger partial charge is 0.370 e. The summed E-state index contributed by atoms with van der Waals surface area (Å²) in [4.78, 5) is 10.2. The van der Waals surface area contributed by atoms with Gasteiger partial charge < -0.3 is 11.1 Å². The summed E-state index contributed by atoms with van der Waals surface area (Å²) >= 11 is 0. The van der Waals surface area contributed by atoms with Crippen molar-refractivity contribution in [3.8, 4) is 0 Å². The van der Waals surface area contributed by atoms with Crippen LogP contribution in [0.25, 0.3) is 0 Å². The summed E-state index contributed by atoms with van der Waals surface area (Å²) in [7, 11) is 0. The summed E-state index contributed by atoms with van der Waals surface area (Å²) in [5.41, 5.74) is 4.95. The molecule has 0 aliphatic heterocycles. The first kappa shape index (κ1) is 9.43. The molecule has 0 unspecified atom stereocenters. The van der Waals surface area contributed by atoms with Crippen LogP contribution < -0.4 is 11.1 Å². The van der Waals surface area contributed by atoms with Crippen molar-refractivity contribution in [2.45, 2.75) is 26.2 Å². The molecule has 0 aromatic heterocycles. The third-order valence-corrected chi connectivity index (χ3v) is 1.28. The predicted molar refractivity (Wildman–Crippen MR) is 41.6 cm³/mol. The van der Waals surface area contributed by atoms with E-state index in [4.69, 9.17) is 5.73 Å². The monoisotopic (exact) mass is 144 g/mol. The van der Waals surface area contributed by atoms with Crippen molar-refractivity contribution in [3.05, 3.63) is 0 Å². The molecule has 0 aliphatic carbocycles. The molecule has 60 valence electrons. The minimum absolute atomic E-state index is 0.198. The Morgan fingerprint density at radius 1 is 1.50 bits per heavy atom. The molecule has 0 aromatic rings. The molecule has 3 heteroatoms. The predicted octanol–water partition coefficient (Wildman–Crippen LogP) is 0.251. The van der Waals surface area contributed by atoms with E-state index in [9.17, 15) is 4.79 Å². The summed E-state index contributed by atoms with van der Waals surface area (Å²) in [5, 5.41) is 3.17. The maximum Gasteiger partial charge on any atom is 0.217 e. The summed E-state index contributed by atoms with van der Waals surface area (Å²) < 4.78 is 0. The highest BCUT2D eigenvalue weighted by Crippen LogP contribution is 1.91. The number of amides is 1. The molecule has 0 saturated carbocycles. The zero-order valence-corrected chi connectivity index (χ0v) is 6.52. The van der Waals surface area contributed by atoms with Gasteiger partial charge in [-0.2, -0.15) is 0 Å². The fraction of sp³-hybridized carbons (Fsp3) is 0.857. The number of hydrogen-bond acceptors (Lipinski definition) is 2. The number of hydrogen-bond donors (Lipinski definition) is 2. The Hall–Kier alpha value is -0.570. The lowest BCUT2D eigenvalue weighted by Crippen LogP contribution is -2.15. The molecular weight excluding hydrogens is 128 g/mol. The summed E-state index contributed by atoms with van der Waals surface area (Å²) in [5.74, 6) is -0.198. The second-order valence-corrected chi connectivity index (χ2v) is 2.28. The van der Waals surface area contributed by atoms with Gasteiger partial charge >= 0.3 is 0 Å². The van der Waals surface area contributed by atoms with E-state index in [-0.39, 0.29) is 5.91 Å². The number of unbranched alkanes of at least 4 members (excludes halogenated alkanes) is 1. The molecule has 0 saturated heterocycles. The van der Waals surface area contributed by atoms with Crippen LogP contribution in [-0.2, 0) is 4.79 Å². The molecule has 0 heterocycles. The third kappa shape index (κ3) is 7.43. The molecule has 0 bridgehead atoms. The number of nitrogens with one attached hydrogen (secondary N) is 1. The highest BCUT2D eigenvalue weighted by atomic mass is 16.1. The maximum atomic E-state index is 10.2. The van der Waals surface area contributed by atoms with E-state index in [2.05, 4.69) is 12.2 Å². The molecule has 3 nitrogen and oxygen atoms in total. The van der Waals surface area contributed by atoms with Crippen LogP contribution in [0.1, 0.15) is 26.2 Å². The average molecular weight is 144 g/mol. The molecule has 0 spiro atoms. The van der Waals surface area contributed by atoms with Crippen molar-refractivity contribution in [2.75, 3.05) is 13.1 Å².